The summed E-state index contributed by atoms with van der Waals surface area (Å²) in [6, 6.07) is 29.1. The van der Waals surface area contributed by atoms with E-state index in [4.69, 9.17) is 15.0 Å². The average molecular weight is 435 g/mol. The molecule has 0 atom stereocenters. The number of benzene rings is 4. The highest BCUT2D eigenvalue weighted by atomic mass is 32.1. The number of nitrogens with zero attached hydrogens (tertiary/aromatic N) is 2. The fraction of sp³-hybridized carbons (Fsp3) is 0.0370. The van der Waals surface area contributed by atoms with Gasteiger partial charge in [-0.15, -0.1) is 11.3 Å². The highest BCUT2D eigenvalue weighted by molar-refractivity contribution is 7.21. The lowest BCUT2D eigenvalue weighted by atomic mass is 9.92. The quantitative estimate of drug-likeness (QED) is 0.335. The Morgan fingerprint density at radius 3 is 2.16 bits per heavy atom. The van der Waals surface area contributed by atoms with Gasteiger partial charge in [-0.25, -0.2) is 4.98 Å². The van der Waals surface area contributed by atoms with Crippen molar-refractivity contribution in [1.82, 2.24) is 4.98 Å². The van der Waals surface area contributed by atoms with E-state index in [1.807, 2.05) is 66.7 Å². The van der Waals surface area contributed by atoms with Gasteiger partial charge in [-0.2, -0.15) is 5.26 Å². The third-order valence-corrected chi connectivity index (χ3v) is 6.46. The predicted octanol–water partition coefficient (Wildman–Crippen LogP) is 6.88. The van der Waals surface area contributed by atoms with Gasteiger partial charge in [0.2, 0.25) is 0 Å². The minimum atomic E-state index is 0.167. The van der Waals surface area contributed by atoms with Crippen LogP contribution in [-0.2, 0) is 0 Å². The lowest BCUT2D eigenvalue weighted by molar-refractivity contribution is 0.415. The number of hydrogen-bond donors (Lipinski definition) is 1. The van der Waals surface area contributed by atoms with Crippen LogP contribution in [0, 0.1) is 11.3 Å². The summed E-state index contributed by atoms with van der Waals surface area (Å²) in [5.74, 6) is 0.944. The molecule has 0 saturated carbocycles. The van der Waals surface area contributed by atoms with Crippen molar-refractivity contribution < 1.29 is 9.84 Å². The minimum absolute atomic E-state index is 0.167. The standard InChI is InChI=1S/C27H18N2O2S/c1-31-20-12-10-19(11-13-20)21-14-23(27-29-24-4-2-3-5-26(24)32-27)25(30)15-22(21)18-8-6-17(16-28)7-9-18/h2-15,30H,1H3. The summed E-state index contributed by atoms with van der Waals surface area (Å²) in [4.78, 5) is 4.73. The van der Waals surface area contributed by atoms with Crippen molar-refractivity contribution in [1.29, 1.82) is 5.26 Å². The van der Waals surface area contributed by atoms with Crippen LogP contribution in [0.15, 0.2) is 84.9 Å². The monoisotopic (exact) mass is 434 g/mol. The smallest absolute Gasteiger partial charge is 0.128 e. The zero-order valence-corrected chi connectivity index (χ0v) is 18.1. The number of fused-ring (bicyclic) bond motifs is 1. The first-order chi connectivity index (χ1) is 15.7. The Kier molecular flexibility index (Phi) is 5.06. The summed E-state index contributed by atoms with van der Waals surface area (Å²) in [5, 5.41) is 20.9. The lowest BCUT2D eigenvalue weighted by Gasteiger charge is -2.14. The maximum atomic E-state index is 11.0. The van der Waals surface area contributed by atoms with Crippen LogP contribution in [0.5, 0.6) is 11.5 Å². The number of hydrogen-bond acceptors (Lipinski definition) is 5. The number of ether oxygens (including phenoxy) is 1. The van der Waals surface area contributed by atoms with Crippen molar-refractivity contribution in [3.05, 3.63) is 90.5 Å². The predicted molar refractivity (Wildman–Crippen MR) is 129 cm³/mol. The molecule has 32 heavy (non-hydrogen) atoms. The van der Waals surface area contributed by atoms with Gasteiger partial charge in [0.05, 0.1) is 34.5 Å². The van der Waals surface area contributed by atoms with Gasteiger partial charge in [-0.05, 0) is 70.8 Å². The Hall–Kier alpha value is -4.14. The van der Waals surface area contributed by atoms with Gasteiger partial charge < -0.3 is 9.84 Å². The number of thiazole rings is 1. The maximum Gasteiger partial charge on any atom is 0.128 e. The molecule has 1 heterocycles. The second-order valence-electron chi connectivity index (χ2n) is 7.32. The zero-order chi connectivity index (χ0) is 22.1. The summed E-state index contributed by atoms with van der Waals surface area (Å²) in [6.07, 6.45) is 0. The molecule has 0 amide bonds. The fourth-order valence-electron chi connectivity index (χ4n) is 3.72. The Morgan fingerprint density at radius 1 is 0.844 bits per heavy atom. The normalized spacial score (nSPS) is 10.8. The molecule has 5 heteroatoms. The molecule has 0 saturated heterocycles. The van der Waals surface area contributed by atoms with E-state index in [0.29, 0.717) is 11.1 Å². The van der Waals surface area contributed by atoms with Crippen LogP contribution in [0.1, 0.15) is 5.56 Å². The molecule has 0 spiro atoms. The first kappa shape index (κ1) is 19.8. The Bertz CT molecular complexity index is 1430. The summed E-state index contributed by atoms with van der Waals surface area (Å²) in [7, 11) is 1.64. The molecule has 0 bridgehead atoms. The molecule has 4 nitrogen and oxygen atoms in total. The van der Waals surface area contributed by atoms with Crippen molar-refractivity contribution >= 4 is 21.6 Å². The van der Waals surface area contributed by atoms with Crippen LogP contribution >= 0.6 is 11.3 Å². The molecule has 0 aliphatic rings. The van der Waals surface area contributed by atoms with E-state index in [9.17, 15) is 5.11 Å². The molecule has 1 aromatic heterocycles. The largest absolute Gasteiger partial charge is 0.507 e. The number of aromatic nitrogens is 1. The molecule has 0 aliphatic carbocycles. The zero-order valence-electron chi connectivity index (χ0n) is 17.2. The van der Waals surface area contributed by atoms with Crippen LogP contribution in [0.25, 0.3) is 43.0 Å². The van der Waals surface area contributed by atoms with Gasteiger partial charge in [0.15, 0.2) is 0 Å². The summed E-state index contributed by atoms with van der Waals surface area (Å²) in [5.41, 5.74) is 5.94. The van der Waals surface area contributed by atoms with E-state index in [1.54, 1.807) is 36.6 Å². The first-order valence-corrected chi connectivity index (χ1v) is 10.9. The highest BCUT2D eigenvalue weighted by Gasteiger charge is 2.17. The van der Waals surface area contributed by atoms with E-state index in [1.165, 1.54) is 0 Å². The van der Waals surface area contributed by atoms with Crippen LogP contribution < -0.4 is 4.74 Å². The van der Waals surface area contributed by atoms with Gasteiger partial charge >= 0.3 is 0 Å². The molecule has 154 valence electrons. The van der Waals surface area contributed by atoms with Gasteiger partial charge in [0, 0.05) is 0 Å². The topological polar surface area (TPSA) is 66.1 Å². The Morgan fingerprint density at radius 2 is 1.50 bits per heavy atom. The van der Waals surface area contributed by atoms with E-state index in [0.717, 1.165) is 43.2 Å². The third kappa shape index (κ3) is 3.58. The van der Waals surface area contributed by atoms with Crippen molar-refractivity contribution in [3.63, 3.8) is 0 Å². The van der Waals surface area contributed by atoms with Crippen molar-refractivity contribution in [2.45, 2.75) is 0 Å². The fourth-order valence-corrected chi connectivity index (χ4v) is 4.71. The number of methoxy groups -OCH3 is 1. The highest BCUT2D eigenvalue weighted by Crippen LogP contribution is 2.43. The van der Waals surface area contributed by atoms with E-state index in [-0.39, 0.29) is 5.75 Å². The SMILES string of the molecule is COc1ccc(-c2cc(-c3nc4ccccc4s3)c(O)cc2-c2ccc(C#N)cc2)cc1. The molecule has 0 aliphatic heterocycles. The number of phenolic OH excluding ortho intramolecular Hbond substituents is 1. The van der Waals surface area contributed by atoms with E-state index >= 15 is 0 Å². The van der Waals surface area contributed by atoms with Crippen molar-refractivity contribution in [2.24, 2.45) is 0 Å². The molecule has 1 N–H and O–H groups in total. The summed E-state index contributed by atoms with van der Waals surface area (Å²) in [6.45, 7) is 0. The first-order valence-electron chi connectivity index (χ1n) is 10.0. The van der Waals surface area contributed by atoms with Gasteiger partial charge in [0.1, 0.15) is 16.5 Å². The molecule has 0 radical (unpaired) electrons. The van der Waals surface area contributed by atoms with Crippen LogP contribution in [0.2, 0.25) is 0 Å². The van der Waals surface area contributed by atoms with Gasteiger partial charge in [0.25, 0.3) is 0 Å². The van der Waals surface area contributed by atoms with E-state index < -0.39 is 0 Å². The van der Waals surface area contributed by atoms with Gasteiger partial charge in [-0.3, -0.25) is 0 Å². The Balaban J connectivity index is 1.72. The van der Waals surface area contributed by atoms with Crippen LogP contribution in [-0.4, -0.2) is 17.2 Å². The Labute approximate surface area is 189 Å². The lowest BCUT2D eigenvalue weighted by Crippen LogP contribution is -1.90. The number of para-hydroxylation sites is 1. The molecular weight excluding hydrogens is 416 g/mol. The number of rotatable bonds is 4. The molecular formula is C27H18N2O2S. The average Bonchev–Trinajstić information content (AvgIpc) is 3.28. The van der Waals surface area contributed by atoms with Crippen molar-refractivity contribution in [2.75, 3.05) is 7.11 Å². The maximum absolute atomic E-state index is 11.0. The molecule has 0 fully saturated rings. The summed E-state index contributed by atoms with van der Waals surface area (Å²) < 4.78 is 6.39. The number of phenols is 1. The van der Waals surface area contributed by atoms with Crippen LogP contribution in [0.4, 0.5) is 0 Å². The minimum Gasteiger partial charge on any atom is -0.507 e. The van der Waals surface area contributed by atoms with Gasteiger partial charge in [-0.1, -0.05) is 36.4 Å². The second kappa shape index (κ2) is 8.18. The van der Waals surface area contributed by atoms with E-state index in [2.05, 4.69) is 6.07 Å². The molecule has 0 unspecified atom stereocenters. The summed E-state index contributed by atoms with van der Waals surface area (Å²) >= 11 is 1.55. The second-order valence-corrected chi connectivity index (χ2v) is 8.35. The van der Waals surface area contributed by atoms with Crippen molar-refractivity contribution in [3.8, 4) is 50.4 Å². The third-order valence-electron chi connectivity index (χ3n) is 5.39. The molecule has 5 aromatic rings. The van der Waals surface area contributed by atoms with Crippen LogP contribution in [0.3, 0.4) is 0 Å². The number of nitriles is 1. The molecule has 5 rings (SSSR count). The number of aromatic hydroxyl groups is 1. The molecule has 4 aromatic carbocycles.